The molecular formula is C25H32N2O4. The largest absolute Gasteiger partial charge is 0.493 e. The van der Waals surface area contributed by atoms with Gasteiger partial charge in [0.05, 0.1) is 21.3 Å². The fourth-order valence-corrected chi connectivity index (χ4v) is 5.13. The Morgan fingerprint density at radius 1 is 0.968 bits per heavy atom. The molecule has 3 atom stereocenters. The Balaban J connectivity index is 1.45. The molecule has 1 amide bonds. The third-order valence-corrected chi connectivity index (χ3v) is 6.60. The van der Waals surface area contributed by atoms with E-state index in [-0.39, 0.29) is 11.9 Å². The van der Waals surface area contributed by atoms with Gasteiger partial charge in [-0.1, -0.05) is 36.8 Å². The minimum absolute atomic E-state index is 0.0983. The molecule has 2 fully saturated rings. The first kappa shape index (κ1) is 21.5. The summed E-state index contributed by atoms with van der Waals surface area (Å²) in [6, 6.07) is 15.3. The number of rotatable bonds is 7. The van der Waals surface area contributed by atoms with Crippen LogP contribution in [0, 0.1) is 0 Å². The first-order chi connectivity index (χ1) is 15.1. The normalized spacial score (nSPS) is 23.1. The first-order valence-corrected chi connectivity index (χ1v) is 11.0. The average Bonchev–Trinajstić information content (AvgIpc) is 2.79. The van der Waals surface area contributed by atoms with Crippen LogP contribution in [0.25, 0.3) is 0 Å². The number of amides is 1. The van der Waals surface area contributed by atoms with Crippen molar-refractivity contribution in [1.82, 2.24) is 10.2 Å². The van der Waals surface area contributed by atoms with Gasteiger partial charge in [0.15, 0.2) is 11.5 Å². The third-order valence-electron chi connectivity index (χ3n) is 6.60. The van der Waals surface area contributed by atoms with E-state index in [9.17, 15) is 4.79 Å². The minimum atomic E-state index is -0.0983. The molecule has 2 bridgehead atoms. The Hall–Kier alpha value is -2.73. The van der Waals surface area contributed by atoms with E-state index < -0.39 is 0 Å². The van der Waals surface area contributed by atoms with Crippen LogP contribution in [0.5, 0.6) is 17.2 Å². The van der Waals surface area contributed by atoms with E-state index >= 15 is 0 Å². The number of benzene rings is 2. The van der Waals surface area contributed by atoms with Crippen molar-refractivity contribution in [3.63, 3.8) is 0 Å². The van der Waals surface area contributed by atoms with Crippen LogP contribution in [0.2, 0.25) is 0 Å². The van der Waals surface area contributed by atoms with Crippen LogP contribution in [-0.2, 0) is 6.54 Å². The van der Waals surface area contributed by atoms with Crippen molar-refractivity contribution >= 4 is 5.91 Å². The molecule has 6 heteroatoms. The molecule has 4 rings (SSSR count). The van der Waals surface area contributed by atoms with Gasteiger partial charge in [-0.25, -0.2) is 0 Å². The fourth-order valence-electron chi connectivity index (χ4n) is 5.13. The van der Waals surface area contributed by atoms with Crippen molar-refractivity contribution in [3.8, 4) is 17.2 Å². The number of ether oxygens (including phenoxy) is 3. The molecule has 2 aliphatic rings. The highest BCUT2D eigenvalue weighted by molar-refractivity contribution is 5.95. The van der Waals surface area contributed by atoms with Crippen LogP contribution in [-0.4, -0.2) is 50.3 Å². The number of nitrogens with zero attached hydrogens (tertiary/aromatic N) is 1. The van der Waals surface area contributed by atoms with Gasteiger partial charge in [0.25, 0.3) is 5.91 Å². The molecule has 2 aromatic rings. The summed E-state index contributed by atoms with van der Waals surface area (Å²) in [5.41, 5.74) is 1.88. The number of carbonyl (C=O) groups excluding carboxylic acids is 1. The lowest BCUT2D eigenvalue weighted by Gasteiger charge is -2.49. The zero-order valence-electron chi connectivity index (χ0n) is 18.6. The number of piperidine rings is 2. The van der Waals surface area contributed by atoms with Crippen LogP contribution in [0.4, 0.5) is 0 Å². The molecule has 0 aromatic heterocycles. The van der Waals surface area contributed by atoms with Gasteiger partial charge < -0.3 is 19.5 Å². The summed E-state index contributed by atoms with van der Waals surface area (Å²) in [5.74, 6) is 1.37. The van der Waals surface area contributed by atoms with Gasteiger partial charge in [0.1, 0.15) is 0 Å². The fraction of sp³-hybridized carbons (Fsp3) is 0.480. The van der Waals surface area contributed by atoms with Gasteiger partial charge in [-0.3, -0.25) is 9.69 Å². The lowest BCUT2D eigenvalue weighted by molar-refractivity contribution is 0.0177. The van der Waals surface area contributed by atoms with E-state index in [1.165, 1.54) is 24.8 Å². The van der Waals surface area contributed by atoms with Gasteiger partial charge in [-0.05, 0) is 43.4 Å². The number of fused-ring (bicyclic) bond motifs is 2. The average molecular weight is 425 g/mol. The predicted molar refractivity (Wildman–Crippen MR) is 120 cm³/mol. The van der Waals surface area contributed by atoms with E-state index in [0.29, 0.717) is 34.9 Å². The van der Waals surface area contributed by atoms with Crippen LogP contribution in [0.3, 0.4) is 0 Å². The second-order valence-corrected chi connectivity index (χ2v) is 8.45. The standard InChI is InChI=1S/C25H32N2O4/c1-29-22-12-18(13-23(30-2)24(22)31-3)25(28)26-19-14-20-10-7-11-21(15-19)27(20)16-17-8-5-4-6-9-17/h4-6,8-9,12-13,19-21H,7,10-11,14-16H2,1-3H3,(H,26,28)/t19?,20-,21+. The summed E-state index contributed by atoms with van der Waals surface area (Å²) in [4.78, 5) is 15.7. The Bertz CT molecular complexity index is 863. The van der Waals surface area contributed by atoms with Gasteiger partial charge in [0, 0.05) is 30.2 Å². The molecular weight excluding hydrogens is 392 g/mol. The zero-order valence-corrected chi connectivity index (χ0v) is 18.6. The Kier molecular flexibility index (Phi) is 6.66. The number of methoxy groups -OCH3 is 3. The van der Waals surface area contributed by atoms with Crippen molar-refractivity contribution in [2.45, 2.75) is 56.8 Å². The summed E-state index contributed by atoms with van der Waals surface area (Å²) in [7, 11) is 4.67. The topological polar surface area (TPSA) is 60.0 Å². The van der Waals surface area contributed by atoms with Crippen LogP contribution < -0.4 is 19.5 Å². The first-order valence-electron chi connectivity index (χ1n) is 11.0. The Labute approximate surface area is 184 Å². The minimum Gasteiger partial charge on any atom is -0.493 e. The maximum atomic E-state index is 13.1. The number of carbonyl (C=O) groups is 1. The number of nitrogens with one attached hydrogen (secondary N) is 1. The SMILES string of the molecule is COc1cc(C(=O)NC2C[C@H]3CCC[C@@H](C2)N3Cc2ccccc2)cc(OC)c1OC. The van der Waals surface area contributed by atoms with Gasteiger partial charge in [0.2, 0.25) is 5.75 Å². The molecule has 1 unspecified atom stereocenters. The van der Waals surface area contributed by atoms with E-state index in [2.05, 4.69) is 40.5 Å². The van der Waals surface area contributed by atoms with Gasteiger partial charge in [-0.15, -0.1) is 0 Å². The molecule has 6 nitrogen and oxygen atoms in total. The summed E-state index contributed by atoms with van der Waals surface area (Å²) in [6.45, 7) is 0.990. The van der Waals surface area contributed by atoms with Gasteiger partial charge >= 0.3 is 0 Å². The second-order valence-electron chi connectivity index (χ2n) is 8.45. The number of hydrogen-bond acceptors (Lipinski definition) is 5. The molecule has 2 aliphatic heterocycles. The van der Waals surface area contributed by atoms with E-state index in [4.69, 9.17) is 14.2 Å². The summed E-state index contributed by atoms with van der Waals surface area (Å²) in [5, 5.41) is 3.27. The highest BCUT2D eigenvalue weighted by atomic mass is 16.5. The molecule has 2 heterocycles. The maximum absolute atomic E-state index is 13.1. The van der Waals surface area contributed by atoms with Crippen molar-refractivity contribution in [2.24, 2.45) is 0 Å². The monoisotopic (exact) mass is 424 g/mol. The van der Waals surface area contributed by atoms with Crippen LogP contribution in [0.1, 0.15) is 48.0 Å². The van der Waals surface area contributed by atoms with Crippen molar-refractivity contribution in [2.75, 3.05) is 21.3 Å². The quantitative estimate of drug-likeness (QED) is 0.727. The maximum Gasteiger partial charge on any atom is 0.251 e. The van der Waals surface area contributed by atoms with Crippen molar-refractivity contribution < 1.29 is 19.0 Å². The highest BCUT2D eigenvalue weighted by Crippen LogP contribution is 2.39. The molecule has 0 radical (unpaired) electrons. The lowest BCUT2D eigenvalue weighted by atomic mass is 9.81. The number of hydrogen-bond donors (Lipinski definition) is 1. The van der Waals surface area contributed by atoms with Crippen LogP contribution in [0.15, 0.2) is 42.5 Å². The highest BCUT2D eigenvalue weighted by Gasteiger charge is 2.38. The molecule has 31 heavy (non-hydrogen) atoms. The molecule has 166 valence electrons. The molecule has 2 aromatic carbocycles. The summed E-state index contributed by atoms with van der Waals surface area (Å²) in [6.07, 6.45) is 5.63. The van der Waals surface area contributed by atoms with E-state index in [1.54, 1.807) is 33.5 Å². The summed E-state index contributed by atoms with van der Waals surface area (Å²) >= 11 is 0. The van der Waals surface area contributed by atoms with E-state index in [1.807, 2.05) is 0 Å². The van der Waals surface area contributed by atoms with Crippen molar-refractivity contribution in [1.29, 1.82) is 0 Å². The Morgan fingerprint density at radius 2 is 1.58 bits per heavy atom. The second kappa shape index (κ2) is 9.60. The van der Waals surface area contributed by atoms with Crippen LogP contribution >= 0.6 is 0 Å². The molecule has 2 saturated heterocycles. The molecule has 1 N–H and O–H groups in total. The third kappa shape index (κ3) is 4.64. The molecule has 0 saturated carbocycles. The smallest absolute Gasteiger partial charge is 0.251 e. The summed E-state index contributed by atoms with van der Waals surface area (Å²) < 4.78 is 16.2. The molecule has 0 aliphatic carbocycles. The zero-order chi connectivity index (χ0) is 21.8. The van der Waals surface area contributed by atoms with Gasteiger partial charge in [-0.2, -0.15) is 0 Å². The van der Waals surface area contributed by atoms with Crippen molar-refractivity contribution in [3.05, 3.63) is 53.6 Å². The van der Waals surface area contributed by atoms with E-state index in [0.717, 1.165) is 19.4 Å². The predicted octanol–water partition coefficient (Wildman–Crippen LogP) is 4.03. The Morgan fingerprint density at radius 3 is 2.13 bits per heavy atom. The lowest BCUT2D eigenvalue weighted by Crippen LogP contribution is -2.56. The molecule has 0 spiro atoms.